The van der Waals surface area contributed by atoms with E-state index >= 15 is 0 Å². The van der Waals surface area contributed by atoms with Crippen molar-refractivity contribution >= 4 is 62.7 Å². The molecule has 0 radical (unpaired) electrons. The third kappa shape index (κ3) is 9.23. The molecule has 2 aromatic carbocycles. The summed E-state index contributed by atoms with van der Waals surface area (Å²) in [5.74, 6) is -1.03. The molecule has 0 unspecified atom stereocenters. The Morgan fingerprint density at radius 1 is 0.970 bits per heavy atom. The molecule has 0 saturated heterocycles. The minimum Gasteiger partial charge on any atom is -0.444 e. The van der Waals surface area contributed by atoms with Gasteiger partial charge in [-0.1, -0.05) is 51.3 Å². The first-order valence-corrected chi connectivity index (χ1v) is 11.6. The summed E-state index contributed by atoms with van der Waals surface area (Å²) in [6, 6.07) is 12.0. The first-order chi connectivity index (χ1) is 15.3. The van der Waals surface area contributed by atoms with Crippen molar-refractivity contribution in [2.45, 2.75) is 45.3 Å². The van der Waals surface area contributed by atoms with Gasteiger partial charge in [0.15, 0.2) is 0 Å². The Balaban J connectivity index is 2.18. The van der Waals surface area contributed by atoms with Gasteiger partial charge in [-0.05, 0) is 63.6 Å². The second-order valence-electron chi connectivity index (χ2n) is 8.65. The van der Waals surface area contributed by atoms with Crippen molar-refractivity contribution in [3.8, 4) is 0 Å². The van der Waals surface area contributed by atoms with E-state index in [0.717, 1.165) is 10.0 Å². The van der Waals surface area contributed by atoms with Crippen LogP contribution in [0.15, 0.2) is 46.9 Å². The molecule has 0 saturated carbocycles. The van der Waals surface area contributed by atoms with Gasteiger partial charge in [-0.15, -0.1) is 0 Å². The second-order valence-corrected chi connectivity index (χ2v) is 10.4. The number of carbonyl (C=O) groups excluding carboxylic acids is 3. The van der Waals surface area contributed by atoms with Crippen LogP contribution >= 0.6 is 39.1 Å². The molecule has 0 aromatic heterocycles. The Labute approximate surface area is 211 Å². The van der Waals surface area contributed by atoms with Crippen molar-refractivity contribution in [2.24, 2.45) is 0 Å². The van der Waals surface area contributed by atoms with Gasteiger partial charge in [-0.2, -0.15) is 0 Å². The molecule has 33 heavy (non-hydrogen) atoms. The van der Waals surface area contributed by atoms with Crippen molar-refractivity contribution in [1.82, 2.24) is 10.6 Å². The van der Waals surface area contributed by atoms with E-state index in [1.165, 1.54) is 0 Å². The zero-order valence-corrected chi connectivity index (χ0v) is 21.8. The van der Waals surface area contributed by atoms with Gasteiger partial charge >= 0.3 is 6.09 Å². The van der Waals surface area contributed by atoms with Gasteiger partial charge in [-0.3, -0.25) is 9.59 Å². The van der Waals surface area contributed by atoms with Crippen LogP contribution in [0.1, 0.15) is 33.3 Å². The maximum Gasteiger partial charge on any atom is 0.408 e. The number of nitrogens with one attached hydrogen (secondary N) is 3. The van der Waals surface area contributed by atoms with E-state index in [0.29, 0.717) is 15.7 Å². The quantitative estimate of drug-likeness (QED) is 0.427. The van der Waals surface area contributed by atoms with Crippen LogP contribution in [0.4, 0.5) is 10.5 Å². The van der Waals surface area contributed by atoms with Crippen LogP contribution in [0.2, 0.25) is 10.0 Å². The number of benzene rings is 2. The van der Waals surface area contributed by atoms with Gasteiger partial charge < -0.3 is 20.7 Å². The van der Waals surface area contributed by atoms with Gasteiger partial charge in [0.05, 0.1) is 0 Å². The normalized spacial score (nSPS) is 12.9. The van der Waals surface area contributed by atoms with Gasteiger partial charge in [0.2, 0.25) is 11.8 Å². The summed E-state index contributed by atoms with van der Waals surface area (Å²) < 4.78 is 6.02. The Kier molecular flexibility index (Phi) is 9.17. The number of rotatable bonds is 7. The molecular weight excluding hydrogens is 533 g/mol. The number of alkyl carbamates (subject to hydrolysis) is 1. The van der Waals surface area contributed by atoms with Crippen molar-refractivity contribution in [3.05, 3.63) is 62.5 Å². The summed E-state index contributed by atoms with van der Waals surface area (Å²) in [6.45, 7) is 6.39. The highest BCUT2D eigenvalue weighted by atomic mass is 79.9. The van der Waals surface area contributed by atoms with Crippen LogP contribution in [0.5, 0.6) is 0 Å². The molecule has 178 valence electrons. The number of amides is 3. The molecule has 0 heterocycles. The van der Waals surface area contributed by atoms with E-state index in [9.17, 15) is 14.4 Å². The fourth-order valence-corrected chi connectivity index (χ4v) is 3.70. The maximum atomic E-state index is 13.3. The lowest BCUT2D eigenvalue weighted by Crippen LogP contribution is -2.58. The predicted molar refractivity (Wildman–Crippen MR) is 134 cm³/mol. The fraction of sp³-hybridized carbons (Fsp3) is 0.348. The van der Waals surface area contributed by atoms with Crippen LogP contribution in [-0.4, -0.2) is 35.6 Å². The molecule has 1 atom stereocenters. The van der Waals surface area contributed by atoms with Crippen LogP contribution in [0.3, 0.4) is 0 Å². The Morgan fingerprint density at radius 3 is 2.09 bits per heavy atom. The summed E-state index contributed by atoms with van der Waals surface area (Å²) in [6.07, 6.45) is -0.538. The number of halogens is 3. The zero-order chi connectivity index (χ0) is 24.8. The molecule has 10 heteroatoms. The molecule has 3 amide bonds. The summed E-state index contributed by atoms with van der Waals surface area (Å²) in [5.41, 5.74) is -0.842. The third-order valence-electron chi connectivity index (χ3n) is 4.30. The highest BCUT2D eigenvalue weighted by Gasteiger charge is 2.35. The second kappa shape index (κ2) is 11.2. The molecule has 0 bridgehead atoms. The molecular formula is C23H26BrCl2N3O4. The van der Waals surface area contributed by atoms with E-state index in [1.807, 2.05) is 24.3 Å². The van der Waals surface area contributed by atoms with E-state index in [2.05, 4.69) is 31.9 Å². The van der Waals surface area contributed by atoms with Gasteiger partial charge in [0, 0.05) is 26.6 Å². The minimum absolute atomic E-state index is 0.193. The summed E-state index contributed by atoms with van der Waals surface area (Å²) in [4.78, 5) is 37.8. The average molecular weight is 559 g/mol. The first kappa shape index (κ1) is 27.0. The summed E-state index contributed by atoms with van der Waals surface area (Å²) in [7, 11) is 0. The van der Waals surface area contributed by atoms with E-state index in [4.69, 9.17) is 27.9 Å². The van der Waals surface area contributed by atoms with Gasteiger partial charge in [0.1, 0.15) is 17.7 Å². The molecule has 0 aliphatic carbocycles. The van der Waals surface area contributed by atoms with Gasteiger partial charge in [0.25, 0.3) is 0 Å². The minimum atomic E-state index is -1.35. The van der Waals surface area contributed by atoms with Crippen LogP contribution in [0, 0.1) is 0 Å². The first-order valence-electron chi connectivity index (χ1n) is 10.1. The molecule has 7 nitrogen and oxygen atoms in total. The average Bonchev–Trinajstić information content (AvgIpc) is 2.66. The molecule has 2 rings (SSSR count). The maximum absolute atomic E-state index is 13.3. The smallest absolute Gasteiger partial charge is 0.408 e. The lowest BCUT2D eigenvalue weighted by molar-refractivity contribution is -0.129. The van der Waals surface area contributed by atoms with Crippen molar-refractivity contribution in [2.75, 3.05) is 11.9 Å². The standard InChI is InChI=1S/C23H26BrCl2N3O4/c1-22(2,3)33-21(32)27-13-19(30)29-23(4,12-14-5-7-15(24)8-6-14)20(31)28-18-10-16(25)9-17(26)11-18/h5-11H,12-13H2,1-4H3,(H,27,32)(H,28,31)(H,29,30)/t23-/m1/s1. The molecule has 0 aliphatic heterocycles. The highest BCUT2D eigenvalue weighted by Crippen LogP contribution is 2.24. The van der Waals surface area contributed by atoms with E-state index < -0.39 is 29.0 Å². The van der Waals surface area contributed by atoms with Gasteiger partial charge in [-0.25, -0.2) is 4.79 Å². The number of anilines is 1. The molecule has 0 fully saturated rings. The van der Waals surface area contributed by atoms with Crippen LogP contribution in [-0.2, 0) is 20.7 Å². The lowest BCUT2D eigenvalue weighted by Gasteiger charge is -2.30. The largest absolute Gasteiger partial charge is 0.444 e. The number of hydrogen-bond donors (Lipinski definition) is 3. The Bertz CT molecular complexity index is 1010. The fourth-order valence-electron chi connectivity index (χ4n) is 2.91. The SMILES string of the molecule is CC(C)(C)OC(=O)NCC(=O)N[C@](C)(Cc1ccc(Br)cc1)C(=O)Nc1cc(Cl)cc(Cl)c1. The monoisotopic (exact) mass is 557 g/mol. The van der Waals surface area contributed by atoms with Crippen LogP contribution in [0.25, 0.3) is 0 Å². The van der Waals surface area contributed by atoms with Crippen molar-refractivity contribution in [1.29, 1.82) is 0 Å². The molecule has 2 aromatic rings. The highest BCUT2D eigenvalue weighted by molar-refractivity contribution is 9.10. The molecule has 3 N–H and O–H groups in total. The zero-order valence-electron chi connectivity index (χ0n) is 18.7. The molecule has 0 aliphatic rings. The van der Waals surface area contributed by atoms with Crippen molar-refractivity contribution in [3.63, 3.8) is 0 Å². The number of ether oxygens (including phenoxy) is 1. The number of carbonyl (C=O) groups is 3. The third-order valence-corrected chi connectivity index (χ3v) is 5.27. The van der Waals surface area contributed by atoms with Crippen LogP contribution < -0.4 is 16.0 Å². The van der Waals surface area contributed by atoms with E-state index in [1.54, 1.807) is 45.9 Å². The number of hydrogen-bond acceptors (Lipinski definition) is 4. The van der Waals surface area contributed by atoms with Crippen molar-refractivity contribution < 1.29 is 19.1 Å². The summed E-state index contributed by atoms with van der Waals surface area (Å²) >= 11 is 15.4. The van der Waals surface area contributed by atoms with E-state index in [-0.39, 0.29) is 13.0 Å². The predicted octanol–water partition coefficient (Wildman–Crippen LogP) is 5.34. The lowest BCUT2D eigenvalue weighted by atomic mass is 9.91. The Morgan fingerprint density at radius 2 is 1.55 bits per heavy atom. The summed E-state index contributed by atoms with van der Waals surface area (Å²) in [5, 5.41) is 8.59. The Hall–Kier alpha value is -2.29. The molecule has 0 spiro atoms. The topological polar surface area (TPSA) is 96.5 Å².